The number of nitrogens with zero attached hydrogens (tertiary/aromatic N) is 1. The molecule has 0 saturated carbocycles. The number of fused-ring (bicyclic) bond motifs is 1. The molecule has 2 aromatic rings. The quantitative estimate of drug-likeness (QED) is 0.393. The van der Waals surface area contributed by atoms with Crippen molar-refractivity contribution in [2.24, 2.45) is 0 Å². The third kappa shape index (κ3) is 8.44. The van der Waals surface area contributed by atoms with Crippen LogP contribution in [-0.4, -0.2) is 78.7 Å². The molecule has 0 bridgehead atoms. The molecular weight excluding hydrogens is 502 g/mol. The highest BCUT2D eigenvalue weighted by Crippen LogP contribution is 2.25. The first kappa shape index (κ1) is 29.9. The van der Waals surface area contributed by atoms with E-state index in [0.717, 1.165) is 35.7 Å². The van der Waals surface area contributed by atoms with Gasteiger partial charge in [0, 0.05) is 12.6 Å². The summed E-state index contributed by atoms with van der Waals surface area (Å²) in [5, 5.41) is 8.45. The van der Waals surface area contributed by atoms with Crippen molar-refractivity contribution in [2.75, 3.05) is 32.2 Å². The maximum Gasteiger partial charge on any atom is 0.328 e. The average Bonchev–Trinajstić information content (AvgIpc) is 3.39. The van der Waals surface area contributed by atoms with Gasteiger partial charge in [0.15, 0.2) is 0 Å². The third-order valence-corrected chi connectivity index (χ3v) is 7.20. The Kier molecular flexibility index (Phi) is 11.0. The zero-order chi connectivity index (χ0) is 27.7. The number of amides is 1. The van der Waals surface area contributed by atoms with E-state index < -0.39 is 23.7 Å². The normalized spacial score (nSPS) is 17.3. The van der Waals surface area contributed by atoms with Crippen LogP contribution >= 0.6 is 11.8 Å². The monoisotopic (exact) mass is 543 g/mol. The van der Waals surface area contributed by atoms with E-state index in [0.29, 0.717) is 18.7 Å². The molecule has 2 aromatic carbocycles. The van der Waals surface area contributed by atoms with E-state index >= 15 is 0 Å². The van der Waals surface area contributed by atoms with Crippen LogP contribution in [0.2, 0.25) is 0 Å². The van der Waals surface area contributed by atoms with Crippen molar-refractivity contribution in [3.63, 3.8) is 0 Å². The summed E-state index contributed by atoms with van der Waals surface area (Å²) in [7, 11) is 1.32. The molecular formula is C29H41N3O5S. The van der Waals surface area contributed by atoms with E-state index in [-0.39, 0.29) is 24.5 Å². The first-order valence-corrected chi connectivity index (χ1v) is 14.6. The molecule has 1 fully saturated rings. The number of carbonyl (C=O) groups is 3. The summed E-state index contributed by atoms with van der Waals surface area (Å²) < 4.78 is 10.8. The lowest BCUT2D eigenvalue weighted by atomic mass is 10.0. The molecule has 3 rings (SSSR count). The van der Waals surface area contributed by atoms with Crippen molar-refractivity contribution in [3.05, 3.63) is 48.0 Å². The van der Waals surface area contributed by atoms with Gasteiger partial charge >= 0.3 is 11.9 Å². The first-order chi connectivity index (χ1) is 18.1. The standard InChI is InChI=1S/C29H41N3O5S/c1-29(2,3)37-28(35)26(23-14-9-16-30-23)32(18-21-12-8-11-20-10-6-7-13-22(20)21)19-25(33)31-24(15-17-38-5)27(34)36-4/h6-8,10-13,23-24,26,30H,9,14-19H2,1-5H3,(H,31,33)/t23-,24-,26?/m0/s1. The number of methoxy groups -OCH3 is 1. The fraction of sp³-hybridized carbons (Fsp3) is 0.552. The summed E-state index contributed by atoms with van der Waals surface area (Å²) >= 11 is 1.59. The highest BCUT2D eigenvalue weighted by atomic mass is 32.2. The highest BCUT2D eigenvalue weighted by molar-refractivity contribution is 7.98. The van der Waals surface area contributed by atoms with Crippen molar-refractivity contribution < 1.29 is 23.9 Å². The van der Waals surface area contributed by atoms with Crippen LogP contribution in [-0.2, 0) is 30.4 Å². The summed E-state index contributed by atoms with van der Waals surface area (Å²) in [6.45, 7) is 6.63. The third-order valence-electron chi connectivity index (χ3n) is 6.55. The summed E-state index contributed by atoms with van der Waals surface area (Å²) in [5.41, 5.74) is 0.337. The highest BCUT2D eigenvalue weighted by Gasteiger charge is 2.39. The summed E-state index contributed by atoms with van der Waals surface area (Å²) in [6, 6.07) is 12.6. The van der Waals surface area contributed by atoms with Crippen LogP contribution in [0.1, 0.15) is 45.6 Å². The van der Waals surface area contributed by atoms with Gasteiger partial charge in [-0.25, -0.2) is 4.79 Å². The van der Waals surface area contributed by atoms with Crippen LogP contribution in [0.15, 0.2) is 42.5 Å². The van der Waals surface area contributed by atoms with Gasteiger partial charge in [0.1, 0.15) is 17.7 Å². The molecule has 1 amide bonds. The van der Waals surface area contributed by atoms with Gasteiger partial charge in [0.2, 0.25) is 5.91 Å². The Morgan fingerprint density at radius 2 is 1.87 bits per heavy atom. The van der Waals surface area contributed by atoms with E-state index in [4.69, 9.17) is 9.47 Å². The van der Waals surface area contributed by atoms with E-state index in [1.165, 1.54) is 7.11 Å². The zero-order valence-electron chi connectivity index (χ0n) is 23.1. The maximum atomic E-state index is 13.6. The molecule has 2 N–H and O–H groups in total. The summed E-state index contributed by atoms with van der Waals surface area (Å²) in [6.07, 6.45) is 4.15. The SMILES string of the molecule is COC(=O)[C@H](CCSC)NC(=O)CN(Cc1cccc2ccccc12)C(C(=O)OC(C)(C)C)[C@@H]1CCCN1. The van der Waals surface area contributed by atoms with Gasteiger partial charge in [-0.2, -0.15) is 11.8 Å². The number of thioether (sulfide) groups is 1. The maximum absolute atomic E-state index is 13.6. The van der Waals surface area contributed by atoms with Gasteiger partial charge < -0.3 is 20.1 Å². The lowest BCUT2D eigenvalue weighted by Gasteiger charge is -2.36. The average molecular weight is 544 g/mol. The molecule has 1 aliphatic rings. The molecule has 0 spiro atoms. The van der Waals surface area contributed by atoms with E-state index in [2.05, 4.69) is 16.7 Å². The second kappa shape index (κ2) is 14.0. The molecule has 0 radical (unpaired) electrons. The smallest absolute Gasteiger partial charge is 0.328 e. The summed E-state index contributed by atoms with van der Waals surface area (Å²) in [5.74, 6) is -0.481. The largest absolute Gasteiger partial charge is 0.467 e. The fourth-order valence-electron chi connectivity index (χ4n) is 4.86. The molecule has 0 aliphatic carbocycles. The molecule has 1 unspecified atom stereocenters. The predicted molar refractivity (Wildman–Crippen MR) is 152 cm³/mol. The minimum atomic E-state index is -0.746. The van der Waals surface area contributed by atoms with Crippen molar-refractivity contribution >= 4 is 40.4 Å². The Labute approximate surface area is 230 Å². The number of esters is 2. The lowest BCUT2D eigenvalue weighted by Crippen LogP contribution is -2.56. The lowest BCUT2D eigenvalue weighted by molar-refractivity contribution is -0.163. The zero-order valence-corrected chi connectivity index (χ0v) is 23.9. The molecule has 38 heavy (non-hydrogen) atoms. The Morgan fingerprint density at radius 1 is 1.13 bits per heavy atom. The Morgan fingerprint density at radius 3 is 2.53 bits per heavy atom. The van der Waals surface area contributed by atoms with Crippen molar-refractivity contribution in [1.82, 2.24) is 15.5 Å². The van der Waals surface area contributed by atoms with Gasteiger partial charge in [-0.05, 0) is 74.9 Å². The van der Waals surface area contributed by atoms with Crippen LogP contribution in [0.25, 0.3) is 10.8 Å². The Balaban J connectivity index is 1.95. The predicted octanol–water partition coefficient (Wildman–Crippen LogP) is 3.52. The second-order valence-corrected chi connectivity index (χ2v) is 11.6. The minimum absolute atomic E-state index is 0.0714. The Bertz CT molecular complexity index is 1090. The topological polar surface area (TPSA) is 97.0 Å². The van der Waals surface area contributed by atoms with E-state index in [1.807, 2.05) is 68.3 Å². The van der Waals surface area contributed by atoms with Gasteiger partial charge in [-0.1, -0.05) is 42.5 Å². The van der Waals surface area contributed by atoms with Crippen molar-refractivity contribution in [2.45, 2.75) is 70.3 Å². The molecule has 1 aliphatic heterocycles. The number of ether oxygens (including phenoxy) is 2. The van der Waals surface area contributed by atoms with Crippen molar-refractivity contribution in [3.8, 4) is 0 Å². The van der Waals surface area contributed by atoms with Gasteiger partial charge in [-0.15, -0.1) is 0 Å². The van der Waals surface area contributed by atoms with Crippen LogP contribution in [0.3, 0.4) is 0 Å². The number of hydrogen-bond donors (Lipinski definition) is 2. The van der Waals surface area contributed by atoms with Gasteiger partial charge in [0.05, 0.1) is 13.7 Å². The molecule has 1 saturated heterocycles. The molecule has 0 aromatic heterocycles. The van der Waals surface area contributed by atoms with Crippen LogP contribution in [0.4, 0.5) is 0 Å². The molecule has 9 heteroatoms. The first-order valence-electron chi connectivity index (χ1n) is 13.2. The fourth-order valence-corrected chi connectivity index (χ4v) is 5.34. The minimum Gasteiger partial charge on any atom is -0.467 e. The number of hydrogen-bond acceptors (Lipinski definition) is 8. The number of benzene rings is 2. The Hall–Kier alpha value is -2.62. The van der Waals surface area contributed by atoms with Crippen LogP contribution < -0.4 is 10.6 Å². The van der Waals surface area contributed by atoms with Gasteiger partial charge in [0.25, 0.3) is 0 Å². The number of rotatable bonds is 12. The number of nitrogens with one attached hydrogen (secondary N) is 2. The van der Waals surface area contributed by atoms with E-state index in [1.54, 1.807) is 11.8 Å². The van der Waals surface area contributed by atoms with E-state index in [9.17, 15) is 14.4 Å². The molecule has 3 atom stereocenters. The molecule has 8 nitrogen and oxygen atoms in total. The van der Waals surface area contributed by atoms with Crippen LogP contribution in [0, 0.1) is 0 Å². The second-order valence-electron chi connectivity index (χ2n) is 10.6. The number of carbonyl (C=O) groups excluding carboxylic acids is 3. The molecule has 1 heterocycles. The van der Waals surface area contributed by atoms with Crippen molar-refractivity contribution in [1.29, 1.82) is 0 Å². The van der Waals surface area contributed by atoms with Gasteiger partial charge in [-0.3, -0.25) is 14.5 Å². The molecule has 208 valence electrons. The van der Waals surface area contributed by atoms with Crippen LogP contribution in [0.5, 0.6) is 0 Å². The summed E-state index contributed by atoms with van der Waals surface area (Å²) in [4.78, 5) is 41.2.